The summed E-state index contributed by atoms with van der Waals surface area (Å²) in [7, 11) is 3.79. The summed E-state index contributed by atoms with van der Waals surface area (Å²) in [5.74, 6) is 0. The first-order chi connectivity index (χ1) is 9.52. The van der Waals surface area contributed by atoms with Gasteiger partial charge in [0.05, 0.1) is 5.60 Å². The Kier molecular flexibility index (Phi) is 5.02. The zero-order chi connectivity index (χ0) is 14.6. The second-order valence-electron chi connectivity index (χ2n) is 5.98. The molecule has 0 saturated carbocycles. The number of ether oxygens (including phenoxy) is 1. The van der Waals surface area contributed by atoms with Crippen LogP contribution in [0, 0.1) is 0 Å². The first-order valence-corrected chi connectivity index (χ1v) is 7.27. The lowest BCUT2D eigenvalue weighted by molar-refractivity contribution is 0.0247. The number of benzene rings is 1. The van der Waals surface area contributed by atoms with E-state index in [4.69, 9.17) is 4.74 Å². The molecule has 1 aliphatic heterocycles. The van der Waals surface area contributed by atoms with Crippen molar-refractivity contribution < 1.29 is 9.84 Å². The largest absolute Gasteiger partial charge is 0.389 e. The van der Waals surface area contributed by atoms with Crippen LogP contribution >= 0.6 is 0 Å². The maximum absolute atomic E-state index is 10.2. The van der Waals surface area contributed by atoms with Crippen LogP contribution in [0.5, 0.6) is 0 Å². The summed E-state index contributed by atoms with van der Waals surface area (Å²) in [6, 6.07) is 6.63. The van der Waals surface area contributed by atoms with Crippen molar-refractivity contribution in [1.82, 2.24) is 5.32 Å². The Bertz CT molecular complexity index is 446. The Morgan fingerprint density at radius 2 is 2.25 bits per heavy atom. The van der Waals surface area contributed by atoms with E-state index in [0.29, 0.717) is 19.6 Å². The van der Waals surface area contributed by atoms with Gasteiger partial charge < -0.3 is 20.1 Å². The van der Waals surface area contributed by atoms with Crippen LogP contribution in [0.4, 0.5) is 5.69 Å². The van der Waals surface area contributed by atoms with E-state index in [0.717, 1.165) is 19.5 Å². The summed E-state index contributed by atoms with van der Waals surface area (Å²) in [6.45, 7) is 4.90. The highest BCUT2D eigenvalue weighted by molar-refractivity contribution is 5.58. The van der Waals surface area contributed by atoms with Gasteiger partial charge in [0.2, 0.25) is 0 Å². The monoisotopic (exact) mass is 278 g/mol. The molecule has 0 fully saturated rings. The molecule has 2 N–H and O–H groups in total. The van der Waals surface area contributed by atoms with E-state index in [-0.39, 0.29) is 0 Å². The Morgan fingerprint density at radius 1 is 1.45 bits per heavy atom. The summed E-state index contributed by atoms with van der Waals surface area (Å²) in [5.41, 5.74) is 3.34. The fraction of sp³-hybridized carbons (Fsp3) is 0.625. The van der Waals surface area contributed by atoms with Crippen LogP contribution in [0.25, 0.3) is 0 Å². The molecule has 1 aromatic rings. The van der Waals surface area contributed by atoms with Gasteiger partial charge in [-0.3, -0.25) is 0 Å². The number of nitrogens with one attached hydrogen (secondary N) is 1. The third-order valence-electron chi connectivity index (χ3n) is 3.95. The Morgan fingerprint density at radius 3 is 3.00 bits per heavy atom. The number of anilines is 1. The summed E-state index contributed by atoms with van der Waals surface area (Å²) in [4.78, 5) is 2.29. The van der Waals surface area contributed by atoms with Crippen LogP contribution in [0.1, 0.15) is 24.5 Å². The number of aliphatic hydroxyl groups is 1. The molecule has 0 bridgehead atoms. The molecule has 0 aromatic heterocycles. The van der Waals surface area contributed by atoms with E-state index >= 15 is 0 Å². The summed E-state index contributed by atoms with van der Waals surface area (Å²) in [5, 5.41) is 13.5. The molecule has 4 nitrogen and oxygen atoms in total. The van der Waals surface area contributed by atoms with Gasteiger partial charge in [-0.05, 0) is 30.5 Å². The van der Waals surface area contributed by atoms with Gasteiger partial charge in [0.25, 0.3) is 0 Å². The minimum absolute atomic E-state index is 0.577. The van der Waals surface area contributed by atoms with Crippen molar-refractivity contribution in [2.24, 2.45) is 0 Å². The van der Waals surface area contributed by atoms with E-state index < -0.39 is 5.60 Å². The molecular weight excluding hydrogens is 252 g/mol. The molecule has 20 heavy (non-hydrogen) atoms. The average Bonchev–Trinajstić information content (AvgIpc) is 2.78. The third-order valence-corrected chi connectivity index (χ3v) is 3.95. The molecule has 112 valence electrons. The highest BCUT2D eigenvalue weighted by Crippen LogP contribution is 2.27. The van der Waals surface area contributed by atoms with Gasteiger partial charge in [-0.1, -0.05) is 12.1 Å². The lowest BCUT2D eigenvalue weighted by Gasteiger charge is -2.23. The van der Waals surface area contributed by atoms with E-state index in [2.05, 4.69) is 35.5 Å². The predicted molar refractivity (Wildman–Crippen MR) is 82.2 cm³/mol. The molecule has 1 heterocycles. The molecular formula is C16H26N2O2. The fourth-order valence-electron chi connectivity index (χ4n) is 2.62. The number of nitrogens with zero attached hydrogens (tertiary/aromatic N) is 1. The first kappa shape index (κ1) is 15.3. The zero-order valence-corrected chi connectivity index (χ0v) is 12.8. The minimum Gasteiger partial charge on any atom is -0.389 e. The van der Waals surface area contributed by atoms with Crippen LogP contribution in [0.15, 0.2) is 18.2 Å². The van der Waals surface area contributed by atoms with Crippen molar-refractivity contribution in [3.8, 4) is 0 Å². The molecule has 0 aliphatic carbocycles. The Hall–Kier alpha value is -1.10. The normalized spacial score (nSPS) is 17.1. The quantitative estimate of drug-likeness (QED) is 0.794. The van der Waals surface area contributed by atoms with E-state index in [9.17, 15) is 5.11 Å². The molecule has 0 saturated heterocycles. The number of hydrogen-bond acceptors (Lipinski definition) is 4. The van der Waals surface area contributed by atoms with E-state index in [1.165, 1.54) is 16.8 Å². The predicted octanol–water partition coefficient (Wildman–Crippen LogP) is 1.56. The van der Waals surface area contributed by atoms with Gasteiger partial charge in [0, 0.05) is 52.5 Å². The molecule has 1 atom stereocenters. The fourth-order valence-corrected chi connectivity index (χ4v) is 2.62. The lowest BCUT2D eigenvalue weighted by atomic mass is 10.0. The SMILES string of the molecule is COCCC(C)(O)CNCc1ccc2c(c1)CCN2C. The summed E-state index contributed by atoms with van der Waals surface area (Å²) < 4.78 is 5.01. The van der Waals surface area contributed by atoms with Crippen LogP contribution in [-0.2, 0) is 17.7 Å². The van der Waals surface area contributed by atoms with Crippen molar-refractivity contribution in [3.63, 3.8) is 0 Å². The van der Waals surface area contributed by atoms with Crippen LogP contribution in [0.3, 0.4) is 0 Å². The second kappa shape index (κ2) is 6.57. The van der Waals surface area contributed by atoms with Crippen molar-refractivity contribution in [3.05, 3.63) is 29.3 Å². The molecule has 2 rings (SSSR count). The maximum atomic E-state index is 10.2. The summed E-state index contributed by atoms with van der Waals surface area (Å²) >= 11 is 0. The number of methoxy groups -OCH3 is 1. The number of rotatable bonds is 7. The topological polar surface area (TPSA) is 44.7 Å². The van der Waals surface area contributed by atoms with Crippen molar-refractivity contribution in [2.75, 3.05) is 38.8 Å². The van der Waals surface area contributed by atoms with Gasteiger partial charge in [-0.15, -0.1) is 0 Å². The van der Waals surface area contributed by atoms with Crippen molar-refractivity contribution >= 4 is 5.69 Å². The molecule has 0 radical (unpaired) electrons. The average molecular weight is 278 g/mol. The second-order valence-corrected chi connectivity index (χ2v) is 5.98. The Balaban J connectivity index is 1.83. The third kappa shape index (κ3) is 3.95. The molecule has 1 unspecified atom stereocenters. The molecule has 0 amide bonds. The smallest absolute Gasteiger partial charge is 0.0765 e. The first-order valence-electron chi connectivity index (χ1n) is 7.27. The van der Waals surface area contributed by atoms with Gasteiger partial charge >= 0.3 is 0 Å². The highest BCUT2D eigenvalue weighted by Gasteiger charge is 2.19. The van der Waals surface area contributed by atoms with Crippen LogP contribution in [-0.4, -0.2) is 44.6 Å². The lowest BCUT2D eigenvalue weighted by Crippen LogP contribution is -2.38. The molecule has 1 aromatic carbocycles. The molecule has 0 spiro atoms. The van der Waals surface area contributed by atoms with Gasteiger partial charge in [-0.25, -0.2) is 0 Å². The minimum atomic E-state index is -0.715. The van der Waals surface area contributed by atoms with Crippen molar-refractivity contribution in [1.29, 1.82) is 0 Å². The van der Waals surface area contributed by atoms with Gasteiger partial charge in [0.1, 0.15) is 0 Å². The molecule has 4 heteroatoms. The van der Waals surface area contributed by atoms with E-state index in [1.807, 2.05) is 6.92 Å². The standard InChI is InChI=1S/C16H26N2O2/c1-16(19,7-9-20-3)12-17-11-13-4-5-15-14(10-13)6-8-18(15)2/h4-5,10,17,19H,6-9,11-12H2,1-3H3. The zero-order valence-electron chi connectivity index (χ0n) is 12.8. The summed E-state index contributed by atoms with van der Waals surface area (Å²) in [6.07, 6.45) is 1.77. The number of likely N-dealkylation sites (N-methyl/N-ethyl adjacent to an activating group) is 1. The van der Waals surface area contributed by atoms with E-state index in [1.54, 1.807) is 7.11 Å². The maximum Gasteiger partial charge on any atom is 0.0765 e. The molecule has 1 aliphatic rings. The van der Waals surface area contributed by atoms with Gasteiger partial charge in [0.15, 0.2) is 0 Å². The highest BCUT2D eigenvalue weighted by atomic mass is 16.5. The number of hydrogen-bond donors (Lipinski definition) is 2. The van der Waals surface area contributed by atoms with Crippen LogP contribution in [0.2, 0.25) is 0 Å². The van der Waals surface area contributed by atoms with Crippen LogP contribution < -0.4 is 10.2 Å². The van der Waals surface area contributed by atoms with Gasteiger partial charge in [-0.2, -0.15) is 0 Å². The van der Waals surface area contributed by atoms with Crippen molar-refractivity contribution in [2.45, 2.75) is 31.9 Å². The Labute approximate surface area is 121 Å². The number of fused-ring (bicyclic) bond motifs is 1.